The van der Waals surface area contributed by atoms with Crippen molar-refractivity contribution < 1.29 is 4.79 Å². The first kappa shape index (κ1) is 17.1. The molecule has 0 aliphatic carbocycles. The first-order chi connectivity index (χ1) is 12.8. The van der Waals surface area contributed by atoms with E-state index in [9.17, 15) is 4.79 Å². The SMILES string of the molecule is O=C(CSc1cccc2cccnc12)CSc1cccc2cccnc12. The van der Waals surface area contributed by atoms with E-state index in [1.807, 2.05) is 60.7 Å². The third-order valence-electron chi connectivity index (χ3n) is 3.97. The second kappa shape index (κ2) is 7.89. The molecule has 2 heterocycles. The molecule has 2 aromatic carbocycles. The Bertz CT molecular complexity index is 986. The molecule has 4 rings (SSSR count). The number of pyridine rings is 2. The molecule has 128 valence electrons. The molecule has 3 nitrogen and oxygen atoms in total. The lowest BCUT2D eigenvalue weighted by Gasteiger charge is -2.06. The van der Waals surface area contributed by atoms with Crippen molar-refractivity contribution in [2.24, 2.45) is 0 Å². The second-order valence-corrected chi connectivity index (χ2v) is 7.81. The summed E-state index contributed by atoms with van der Waals surface area (Å²) >= 11 is 3.11. The average molecular weight is 377 g/mol. The van der Waals surface area contributed by atoms with Crippen LogP contribution in [-0.2, 0) is 4.79 Å². The van der Waals surface area contributed by atoms with Crippen LogP contribution in [0.25, 0.3) is 21.8 Å². The smallest absolute Gasteiger partial charge is 0.153 e. The van der Waals surface area contributed by atoms with E-state index in [1.165, 1.54) is 0 Å². The molecule has 0 saturated carbocycles. The zero-order chi connectivity index (χ0) is 17.8. The van der Waals surface area contributed by atoms with Gasteiger partial charge in [0.25, 0.3) is 0 Å². The fourth-order valence-electron chi connectivity index (χ4n) is 2.74. The summed E-state index contributed by atoms with van der Waals surface area (Å²) in [5.41, 5.74) is 1.91. The number of fused-ring (bicyclic) bond motifs is 2. The molecule has 0 bridgehead atoms. The Kier molecular flexibility index (Phi) is 5.18. The van der Waals surface area contributed by atoms with E-state index in [-0.39, 0.29) is 5.78 Å². The van der Waals surface area contributed by atoms with Gasteiger partial charge in [-0.1, -0.05) is 36.4 Å². The highest BCUT2D eigenvalue weighted by molar-refractivity contribution is 8.01. The molecule has 0 aliphatic rings. The Hall–Kier alpha value is -2.37. The van der Waals surface area contributed by atoms with Gasteiger partial charge in [0.2, 0.25) is 0 Å². The molecule has 0 spiro atoms. The van der Waals surface area contributed by atoms with Crippen molar-refractivity contribution in [2.75, 3.05) is 11.5 Å². The predicted octanol–water partition coefficient (Wildman–Crippen LogP) is 5.24. The van der Waals surface area contributed by atoms with Gasteiger partial charge in [0.05, 0.1) is 22.5 Å². The largest absolute Gasteiger partial charge is 0.298 e. The Labute approximate surface area is 160 Å². The van der Waals surface area contributed by atoms with Crippen LogP contribution in [0.5, 0.6) is 0 Å². The summed E-state index contributed by atoms with van der Waals surface area (Å²) in [5, 5.41) is 2.20. The maximum absolute atomic E-state index is 12.4. The summed E-state index contributed by atoms with van der Waals surface area (Å²) in [6.07, 6.45) is 3.58. The third kappa shape index (κ3) is 3.74. The molecule has 0 amide bonds. The minimum Gasteiger partial charge on any atom is -0.298 e. The number of carbonyl (C=O) groups excluding carboxylic acids is 1. The molecule has 0 N–H and O–H groups in total. The van der Waals surface area contributed by atoms with Gasteiger partial charge in [0.15, 0.2) is 5.78 Å². The monoisotopic (exact) mass is 376 g/mol. The van der Waals surface area contributed by atoms with Crippen LogP contribution in [-0.4, -0.2) is 27.3 Å². The second-order valence-electron chi connectivity index (χ2n) is 5.78. The molecule has 0 fully saturated rings. The molecule has 0 radical (unpaired) electrons. The number of thioether (sulfide) groups is 2. The van der Waals surface area contributed by atoms with E-state index in [4.69, 9.17) is 0 Å². The first-order valence-electron chi connectivity index (χ1n) is 8.26. The van der Waals surface area contributed by atoms with Crippen molar-refractivity contribution in [1.29, 1.82) is 0 Å². The normalized spacial score (nSPS) is 11.1. The van der Waals surface area contributed by atoms with Crippen LogP contribution < -0.4 is 0 Å². The van der Waals surface area contributed by atoms with Crippen LogP contribution in [0.1, 0.15) is 0 Å². The summed E-state index contributed by atoms with van der Waals surface area (Å²) in [5.74, 6) is 1.10. The van der Waals surface area contributed by atoms with Crippen LogP contribution in [0.15, 0.2) is 82.8 Å². The minimum atomic E-state index is 0.209. The van der Waals surface area contributed by atoms with Crippen LogP contribution in [0, 0.1) is 0 Å². The lowest BCUT2D eigenvalue weighted by Crippen LogP contribution is -2.04. The maximum atomic E-state index is 12.4. The Morgan fingerprint density at radius 1 is 0.692 bits per heavy atom. The zero-order valence-corrected chi connectivity index (χ0v) is 15.6. The first-order valence-corrected chi connectivity index (χ1v) is 10.2. The molecule has 0 atom stereocenters. The number of rotatable bonds is 6. The number of nitrogens with zero attached hydrogens (tertiary/aromatic N) is 2. The number of carbonyl (C=O) groups is 1. The summed E-state index contributed by atoms with van der Waals surface area (Å²) in [7, 11) is 0. The van der Waals surface area contributed by atoms with Gasteiger partial charge in [-0.2, -0.15) is 0 Å². The molecule has 4 aromatic rings. The van der Waals surface area contributed by atoms with Crippen molar-refractivity contribution in [3.8, 4) is 0 Å². The molecule has 0 unspecified atom stereocenters. The number of benzene rings is 2. The summed E-state index contributed by atoms with van der Waals surface area (Å²) < 4.78 is 0. The van der Waals surface area contributed by atoms with Crippen molar-refractivity contribution >= 4 is 51.1 Å². The van der Waals surface area contributed by atoms with Gasteiger partial charge >= 0.3 is 0 Å². The topological polar surface area (TPSA) is 42.9 Å². The van der Waals surface area contributed by atoms with E-state index in [0.717, 1.165) is 31.6 Å². The Morgan fingerprint density at radius 3 is 1.65 bits per heavy atom. The average Bonchev–Trinajstić information content (AvgIpc) is 2.70. The molecular formula is C21H16N2OS2. The Balaban J connectivity index is 1.41. The molecule has 0 aliphatic heterocycles. The van der Waals surface area contributed by atoms with E-state index in [2.05, 4.69) is 9.97 Å². The molecule has 5 heteroatoms. The van der Waals surface area contributed by atoms with Crippen LogP contribution >= 0.6 is 23.5 Å². The number of hydrogen-bond acceptors (Lipinski definition) is 5. The third-order valence-corrected chi connectivity index (χ3v) is 6.18. The Morgan fingerprint density at radius 2 is 1.15 bits per heavy atom. The van der Waals surface area contributed by atoms with Gasteiger partial charge in [-0.15, -0.1) is 23.5 Å². The minimum absolute atomic E-state index is 0.209. The highest BCUT2D eigenvalue weighted by atomic mass is 32.2. The van der Waals surface area contributed by atoms with Gasteiger partial charge in [-0.3, -0.25) is 14.8 Å². The molecule has 2 aromatic heterocycles. The number of Topliss-reactive ketones (excluding diaryl/α,β-unsaturated/α-hetero) is 1. The summed E-state index contributed by atoms with van der Waals surface area (Å²) in [6.45, 7) is 0. The van der Waals surface area contributed by atoms with Gasteiger partial charge in [-0.05, 0) is 24.3 Å². The quantitative estimate of drug-likeness (QED) is 0.431. The predicted molar refractivity (Wildman–Crippen MR) is 110 cm³/mol. The van der Waals surface area contributed by atoms with E-state index >= 15 is 0 Å². The fraction of sp³-hybridized carbons (Fsp3) is 0.0952. The fourth-order valence-corrected chi connectivity index (χ4v) is 4.67. The highest BCUT2D eigenvalue weighted by Gasteiger charge is 2.09. The molecular weight excluding hydrogens is 360 g/mol. The lowest BCUT2D eigenvalue weighted by atomic mass is 10.2. The van der Waals surface area contributed by atoms with Gasteiger partial charge < -0.3 is 0 Å². The van der Waals surface area contributed by atoms with Crippen molar-refractivity contribution in [2.45, 2.75) is 9.79 Å². The number of ketones is 1. The van der Waals surface area contributed by atoms with Crippen molar-refractivity contribution in [1.82, 2.24) is 9.97 Å². The van der Waals surface area contributed by atoms with Crippen molar-refractivity contribution in [3.63, 3.8) is 0 Å². The van der Waals surface area contributed by atoms with Crippen LogP contribution in [0.4, 0.5) is 0 Å². The van der Waals surface area contributed by atoms with Crippen LogP contribution in [0.3, 0.4) is 0 Å². The van der Waals surface area contributed by atoms with Gasteiger partial charge in [-0.25, -0.2) is 0 Å². The van der Waals surface area contributed by atoms with Crippen molar-refractivity contribution in [3.05, 3.63) is 73.1 Å². The zero-order valence-electron chi connectivity index (χ0n) is 14.0. The van der Waals surface area contributed by atoms with E-state index < -0.39 is 0 Å². The van der Waals surface area contributed by atoms with Gasteiger partial charge in [0.1, 0.15) is 0 Å². The summed E-state index contributed by atoms with van der Waals surface area (Å²) in [6, 6.07) is 20.1. The number of hydrogen-bond donors (Lipinski definition) is 0. The van der Waals surface area contributed by atoms with Gasteiger partial charge in [0, 0.05) is 33.0 Å². The summed E-state index contributed by atoms with van der Waals surface area (Å²) in [4.78, 5) is 23.4. The standard InChI is InChI=1S/C21H16N2OS2/c24-17(13-25-18-9-1-5-15-7-3-11-22-20(15)18)14-26-19-10-2-6-16-8-4-12-23-21(16)19/h1-12H,13-14H2. The highest BCUT2D eigenvalue weighted by Crippen LogP contribution is 2.28. The molecule has 0 saturated heterocycles. The number of aromatic nitrogens is 2. The number of para-hydroxylation sites is 2. The lowest BCUT2D eigenvalue weighted by molar-refractivity contribution is -0.114. The van der Waals surface area contributed by atoms with E-state index in [1.54, 1.807) is 35.9 Å². The van der Waals surface area contributed by atoms with E-state index in [0.29, 0.717) is 11.5 Å². The molecule has 26 heavy (non-hydrogen) atoms. The van der Waals surface area contributed by atoms with Crippen LogP contribution in [0.2, 0.25) is 0 Å². The maximum Gasteiger partial charge on any atom is 0.153 e.